The molecule has 0 spiro atoms. The summed E-state index contributed by atoms with van der Waals surface area (Å²) in [4.78, 5) is 24.1. The smallest absolute Gasteiger partial charge is 0.342 e. The Morgan fingerprint density at radius 1 is 1.13 bits per heavy atom. The molecule has 0 aliphatic rings. The first kappa shape index (κ1) is 19.0. The number of hydrogen-bond donors (Lipinski definition) is 2. The maximum atomic E-state index is 12.4. The highest BCUT2D eigenvalue weighted by Gasteiger charge is 2.23. The predicted octanol–water partition coefficient (Wildman–Crippen LogP) is 3.32. The molecule has 2 N–H and O–H groups in total. The van der Waals surface area contributed by atoms with Gasteiger partial charge < -0.3 is 15.2 Å². The molecule has 5 nitrogen and oxygen atoms in total. The number of ether oxygens (including phenoxy) is 1. The number of benzene rings is 1. The summed E-state index contributed by atoms with van der Waals surface area (Å²) in [5, 5.41) is 13.0. The molecular weight excluding hydrogens is 294 g/mol. The van der Waals surface area contributed by atoms with Crippen molar-refractivity contribution in [2.45, 2.75) is 59.5 Å². The number of amides is 1. The third kappa shape index (κ3) is 4.71. The van der Waals surface area contributed by atoms with Crippen molar-refractivity contribution in [2.75, 3.05) is 6.54 Å². The number of hydrogen-bond acceptors (Lipinski definition) is 4. The van der Waals surface area contributed by atoms with Crippen molar-refractivity contribution in [1.82, 2.24) is 5.32 Å². The van der Waals surface area contributed by atoms with E-state index >= 15 is 0 Å². The second kappa shape index (κ2) is 7.99. The Morgan fingerprint density at radius 3 is 2.22 bits per heavy atom. The monoisotopic (exact) mass is 321 g/mol. The summed E-state index contributed by atoms with van der Waals surface area (Å²) >= 11 is 0. The number of aromatic hydroxyl groups is 1. The first-order chi connectivity index (χ1) is 10.7. The quantitative estimate of drug-likeness (QED) is 0.788. The summed E-state index contributed by atoms with van der Waals surface area (Å²) in [7, 11) is 0. The number of carbonyl (C=O) groups is 2. The Bertz CT molecular complexity index is 579. The van der Waals surface area contributed by atoms with Crippen molar-refractivity contribution in [3.8, 4) is 5.75 Å². The molecular formula is C18H27NO4. The highest BCUT2D eigenvalue weighted by molar-refractivity contribution is 5.95. The van der Waals surface area contributed by atoms with Gasteiger partial charge in [-0.25, -0.2) is 4.79 Å². The van der Waals surface area contributed by atoms with Crippen LogP contribution in [0.15, 0.2) is 12.1 Å². The van der Waals surface area contributed by atoms with Crippen LogP contribution < -0.4 is 5.32 Å². The van der Waals surface area contributed by atoms with E-state index in [2.05, 4.69) is 5.32 Å². The second-order valence-corrected chi connectivity index (χ2v) is 6.26. The number of carbonyl (C=O) groups excluding carboxylic acids is 2. The Morgan fingerprint density at radius 2 is 1.74 bits per heavy atom. The molecule has 5 heteroatoms. The van der Waals surface area contributed by atoms with Crippen LogP contribution in [0.4, 0.5) is 0 Å². The highest BCUT2D eigenvalue weighted by atomic mass is 16.5. The van der Waals surface area contributed by atoms with Gasteiger partial charge in [-0.15, -0.1) is 0 Å². The number of rotatable bonds is 6. The fraction of sp³-hybridized carbons (Fsp3) is 0.556. The van der Waals surface area contributed by atoms with Crippen LogP contribution in [0.3, 0.4) is 0 Å². The molecule has 0 aliphatic carbocycles. The van der Waals surface area contributed by atoms with E-state index in [1.807, 2.05) is 33.8 Å². The van der Waals surface area contributed by atoms with Crippen molar-refractivity contribution in [2.24, 2.45) is 0 Å². The average molecular weight is 321 g/mol. The van der Waals surface area contributed by atoms with Crippen LogP contribution in [-0.2, 0) is 9.53 Å². The van der Waals surface area contributed by atoms with Gasteiger partial charge in [-0.1, -0.05) is 33.8 Å². The van der Waals surface area contributed by atoms with Crippen LogP contribution >= 0.6 is 0 Å². The Hall–Kier alpha value is -2.04. The van der Waals surface area contributed by atoms with Crippen molar-refractivity contribution < 1.29 is 19.4 Å². The number of nitrogens with one attached hydrogen (secondary N) is 1. The van der Waals surface area contributed by atoms with E-state index in [1.165, 1.54) is 6.92 Å². The lowest BCUT2D eigenvalue weighted by Gasteiger charge is -2.18. The summed E-state index contributed by atoms with van der Waals surface area (Å²) in [6.45, 7) is 11.7. The van der Waals surface area contributed by atoms with Gasteiger partial charge in [-0.05, 0) is 42.9 Å². The maximum absolute atomic E-state index is 12.4. The summed E-state index contributed by atoms with van der Waals surface area (Å²) in [5.74, 6) is -0.839. The van der Waals surface area contributed by atoms with E-state index < -0.39 is 12.1 Å². The maximum Gasteiger partial charge on any atom is 0.342 e. The second-order valence-electron chi connectivity index (χ2n) is 6.26. The fourth-order valence-corrected chi connectivity index (χ4v) is 2.20. The number of phenolic OH excluding ortho intramolecular Hbond substituents is 1. The third-order valence-electron chi connectivity index (χ3n) is 3.67. The van der Waals surface area contributed by atoms with E-state index in [0.717, 1.165) is 5.56 Å². The van der Waals surface area contributed by atoms with E-state index in [0.29, 0.717) is 12.1 Å². The lowest BCUT2D eigenvalue weighted by atomic mass is 9.92. The SMILES string of the molecule is CCNC(=O)[C@H](C)OC(=O)c1cc(C(C)C)cc(C(C)C)c1O. The topological polar surface area (TPSA) is 75.6 Å². The Kier molecular flexibility index (Phi) is 6.61. The van der Waals surface area contributed by atoms with Gasteiger partial charge in [0.25, 0.3) is 5.91 Å². The molecule has 1 aromatic rings. The van der Waals surface area contributed by atoms with Crippen LogP contribution in [0, 0.1) is 0 Å². The van der Waals surface area contributed by atoms with Gasteiger partial charge in [0, 0.05) is 6.54 Å². The minimum Gasteiger partial charge on any atom is -0.507 e. The van der Waals surface area contributed by atoms with Crippen LogP contribution in [0.2, 0.25) is 0 Å². The van der Waals surface area contributed by atoms with Crippen LogP contribution in [0.1, 0.15) is 74.9 Å². The molecule has 0 bridgehead atoms. The molecule has 0 aromatic heterocycles. The molecule has 0 saturated carbocycles. The van der Waals surface area contributed by atoms with Crippen LogP contribution in [-0.4, -0.2) is 29.6 Å². The van der Waals surface area contributed by atoms with Gasteiger partial charge in [-0.3, -0.25) is 4.79 Å². The normalized spacial score (nSPS) is 12.3. The zero-order valence-electron chi connectivity index (χ0n) is 14.8. The number of esters is 1. The van der Waals surface area contributed by atoms with Gasteiger partial charge in [0.2, 0.25) is 0 Å². The molecule has 23 heavy (non-hydrogen) atoms. The lowest BCUT2D eigenvalue weighted by molar-refractivity contribution is -0.128. The molecule has 0 aliphatic heterocycles. The molecule has 1 amide bonds. The van der Waals surface area contributed by atoms with E-state index in [-0.39, 0.29) is 29.1 Å². The molecule has 0 radical (unpaired) electrons. The molecule has 1 aromatic carbocycles. The largest absolute Gasteiger partial charge is 0.507 e. The first-order valence-corrected chi connectivity index (χ1v) is 8.04. The number of phenols is 1. The van der Waals surface area contributed by atoms with Crippen molar-refractivity contribution >= 4 is 11.9 Å². The van der Waals surface area contributed by atoms with Crippen molar-refractivity contribution in [3.05, 3.63) is 28.8 Å². The van der Waals surface area contributed by atoms with E-state index in [1.54, 1.807) is 13.0 Å². The molecule has 1 atom stereocenters. The summed E-state index contributed by atoms with van der Waals surface area (Å²) in [6, 6.07) is 3.55. The van der Waals surface area contributed by atoms with E-state index in [4.69, 9.17) is 4.74 Å². The summed E-state index contributed by atoms with van der Waals surface area (Å²) < 4.78 is 5.19. The lowest BCUT2D eigenvalue weighted by Crippen LogP contribution is -2.35. The fourth-order valence-electron chi connectivity index (χ4n) is 2.20. The average Bonchev–Trinajstić information content (AvgIpc) is 2.46. The third-order valence-corrected chi connectivity index (χ3v) is 3.67. The van der Waals surface area contributed by atoms with Crippen molar-refractivity contribution in [1.29, 1.82) is 0 Å². The van der Waals surface area contributed by atoms with Crippen molar-refractivity contribution in [3.63, 3.8) is 0 Å². The van der Waals surface area contributed by atoms with Gasteiger partial charge in [-0.2, -0.15) is 0 Å². The van der Waals surface area contributed by atoms with Gasteiger partial charge in [0.15, 0.2) is 6.10 Å². The molecule has 0 unspecified atom stereocenters. The molecule has 0 saturated heterocycles. The number of likely N-dealkylation sites (N-methyl/N-ethyl adjacent to an activating group) is 1. The van der Waals surface area contributed by atoms with Gasteiger partial charge >= 0.3 is 5.97 Å². The summed E-state index contributed by atoms with van der Waals surface area (Å²) in [6.07, 6.45) is -0.910. The molecule has 128 valence electrons. The molecule has 0 heterocycles. The molecule has 1 rings (SSSR count). The minimum absolute atomic E-state index is 0.0704. The van der Waals surface area contributed by atoms with Crippen LogP contribution in [0.25, 0.3) is 0 Å². The predicted molar refractivity (Wildman–Crippen MR) is 89.8 cm³/mol. The van der Waals surface area contributed by atoms with Crippen LogP contribution in [0.5, 0.6) is 5.75 Å². The minimum atomic E-state index is -0.910. The standard InChI is InChI=1S/C18H27NO4/c1-7-19-17(21)12(6)23-18(22)15-9-13(10(2)3)8-14(11(4)5)16(15)20/h8-12,20H,7H2,1-6H3,(H,19,21)/t12-/m0/s1. The Labute approximate surface area is 138 Å². The highest BCUT2D eigenvalue weighted by Crippen LogP contribution is 2.33. The van der Waals surface area contributed by atoms with E-state index in [9.17, 15) is 14.7 Å². The summed E-state index contributed by atoms with van der Waals surface area (Å²) in [5.41, 5.74) is 1.76. The Balaban J connectivity index is 3.15. The first-order valence-electron chi connectivity index (χ1n) is 8.04. The molecule has 0 fully saturated rings. The zero-order chi connectivity index (χ0) is 17.7. The van der Waals surface area contributed by atoms with Gasteiger partial charge in [0.1, 0.15) is 11.3 Å². The zero-order valence-corrected chi connectivity index (χ0v) is 14.8. The van der Waals surface area contributed by atoms with Gasteiger partial charge in [0.05, 0.1) is 0 Å².